The number of ether oxygens (including phenoxy) is 2. The van der Waals surface area contributed by atoms with Gasteiger partial charge >= 0.3 is 12.3 Å². The molecule has 0 aliphatic rings. The number of alkyl halides is 4. The summed E-state index contributed by atoms with van der Waals surface area (Å²) in [4.78, 5) is 14.6. The number of halogens is 4. The fourth-order valence-electron chi connectivity index (χ4n) is 1.15. The third kappa shape index (κ3) is 3.25. The highest BCUT2D eigenvalue weighted by Crippen LogP contribution is 2.32. The van der Waals surface area contributed by atoms with Gasteiger partial charge in [-0.2, -0.15) is 0 Å². The Bertz CT molecular complexity index is 464. The van der Waals surface area contributed by atoms with Gasteiger partial charge in [-0.15, -0.1) is 13.2 Å². The number of methoxy groups -OCH3 is 1. The minimum Gasteiger partial charge on any atom is -0.506 e. The van der Waals surface area contributed by atoms with Gasteiger partial charge in [0.05, 0.1) is 13.3 Å². The van der Waals surface area contributed by atoms with Crippen molar-refractivity contribution >= 4 is 21.9 Å². The molecule has 0 atom stereocenters. The lowest BCUT2D eigenvalue weighted by atomic mass is 10.1. The summed E-state index contributed by atoms with van der Waals surface area (Å²) < 4.78 is 44.3. The minimum atomic E-state index is -5.00. The number of aromatic hydroxyl groups is 1. The Morgan fingerprint density at radius 3 is 2.61 bits per heavy atom. The van der Waals surface area contributed by atoms with Crippen molar-refractivity contribution in [1.29, 1.82) is 0 Å². The SMILES string of the molecule is COC(=O)c1c(OC(F)(F)F)ncc(O)c1CBr. The molecular weight excluding hydrogens is 323 g/mol. The first kappa shape index (κ1) is 14.6. The zero-order valence-electron chi connectivity index (χ0n) is 8.92. The summed E-state index contributed by atoms with van der Waals surface area (Å²) in [7, 11) is 0.988. The van der Waals surface area contributed by atoms with E-state index in [-0.39, 0.29) is 10.9 Å². The molecule has 0 bridgehead atoms. The molecule has 1 rings (SSSR count). The van der Waals surface area contributed by atoms with Crippen LogP contribution in [0.3, 0.4) is 0 Å². The maximum atomic E-state index is 12.1. The molecule has 5 nitrogen and oxygen atoms in total. The summed E-state index contributed by atoms with van der Waals surface area (Å²) in [5.74, 6) is -2.50. The normalized spacial score (nSPS) is 11.2. The van der Waals surface area contributed by atoms with E-state index in [0.29, 0.717) is 0 Å². The van der Waals surface area contributed by atoms with Crippen LogP contribution in [0, 0.1) is 0 Å². The van der Waals surface area contributed by atoms with Crippen LogP contribution in [0.5, 0.6) is 11.6 Å². The van der Waals surface area contributed by atoms with Crippen molar-refractivity contribution in [3.05, 3.63) is 17.3 Å². The van der Waals surface area contributed by atoms with Crippen LogP contribution in [0.25, 0.3) is 0 Å². The van der Waals surface area contributed by atoms with Crippen molar-refractivity contribution in [2.24, 2.45) is 0 Å². The summed E-state index contributed by atoms with van der Waals surface area (Å²) in [6, 6.07) is 0. The second kappa shape index (κ2) is 5.42. The van der Waals surface area contributed by atoms with Gasteiger partial charge in [0.15, 0.2) is 0 Å². The Labute approximate surface area is 108 Å². The van der Waals surface area contributed by atoms with Gasteiger partial charge in [-0.3, -0.25) is 0 Å². The van der Waals surface area contributed by atoms with Crippen molar-refractivity contribution in [3.8, 4) is 11.6 Å². The van der Waals surface area contributed by atoms with E-state index < -0.39 is 29.5 Å². The molecule has 0 saturated heterocycles. The standard InChI is InChI=1S/C9H7BrF3NO4/c1-17-8(16)6-4(2-10)5(15)3-14-7(6)18-9(11,12)13/h3,15H,2H2,1H3. The number of hydrogen-bond acceptors (Lipinski definition) is 5. The van der Waals surface area contributed by atoms with Crippen molar-refractivity contribution in [2.75, 3.05) is 7.11 Å². The number of carbonyl (C=O) groups is 1. The fraction of sp³-hybridized carbons (Fsp3) is 0.333. The van der Waals surface area contributed by atoms with E-state index in [1.807, 2.05) is 0 Å². The van der Waals surface area contributed by atoms with E-state index in [9.17, 15) is 23.1 Å². The third-order valence-electron chi connectivity index (χ3n) is 1.86. The van der Waals surface area contributed by atoms with E-state index in [2.05, 4.69) is 30.4 Å². The number of pyridine rings is 1. The molecule has 0 aromatic carbocycles. The molecule has 9 heteroatoms. The van der Waals surface area contributed by atoms with Gasteiger partial charge in [-0.05, 0) is 0 Å². The topological polar surface area (TPSA) is 68.7 Å². The number of nitrogens with zero attached hydrogens (tertiary/aromatic N) is 1. The molecule has 1 N–H and O–H groups in total. The number of carbonyl (C=O) groups excluding carboxylic acids is 1. The van der Waals surface area contributed by atoms with Gasteiger partial charge in [-0.25, -0.2) is 9.78 Å². The predicted molar refractivity (Wildman–Crippen MR) is 56.6 cm³/mol. The Morgan fingerprint density at radius 1 is 1.56 bits per heavy atom. The van der Waals surface area contributed by atoms with Crippen LogP contribution in [-0.4, -0.2) is 29.5 Å². The van der Waals surface area contributed by atoms with E-state index >= 15 is 0 Å². The van der Waals surface area contributed by atoms with Crippen LogP contribution in [0.1, 0.15) is 15.9 Å². The van der Waals surface area contributed by atoms with E-state index in [1.165, 1.54) is 0 Å². The lowest BCUT2D eigenvalue weighted by Gasteiger charge is -2.14. The zero-order valence-corrected chi connectivity index (χ0v) is 10.5. The van der Waals surface area contributed by atoms with Crippen molar-refractivity contribution in [3.63, 3.8) is 0 Å². The average Bonchev–Trinajstić information content (AvgIpc) is 2.28. The van der Waals surface area contributed by atoms with Gasteiger partial charge < -0.3 is 14.6 Å². The number of esters is 1. The smallest absolute Gasteiger partial charge is 0.506 e. The van der Waals surface area contributed by atoms with Crippen LogP contribution in [-0.2, 0) is 10.1 Å². The number of aromatic nitrogens is 1. The molecule has 0 aliphatic carbocycles. The van der Waals surface area contributed by atoms with Gasteiger partial charge in [0.1, 0.15) is 11.3 Å². The molecule has 100 valence electrons. The van der Waals surface area contributed by atoms with Crippen LogP contribution >= 0.6 is 15.9 Å². The van der Waals surface area contributed by atoms with Crippen LogP contribution in [0.15, 0.2) is 6.20 Å². The molecule has 1 heterocycles. The molecule has 0 aliphatic heterocycles. The highest BCUT2D eigenvalue weighted by molar-refractivity contribution is 9.08. The quantitative estimate of drug-likeness (QED) is 0.681. The highest BCUT2D eigenvalue weighted by Gasteiger charge is 2.35. The number of rotatable bonds is 3. The lowest BCUT2D eigenvalue weighted by molar-refractivity contribution is -0.276. The van der Waals surface area contributed by atoms with Crippen LogP contribution < -0.4 is 4.74 Å². The molecule has 0 radical (unpaired) electrons. The Kier molecular flexibility index (Phi) is 4.38. The summed E-state index contributed by atoms with van der Waals surface area (Å²) in [6.07, 6.45) is -4.25. The molecule has 0 amide bonds. The predicted octanol–water partition coefficient (Wildman–Crippen LogP) is 2.37. The lowest BCUT2D eigenvalue weighted by Crippen LogP contribution is -2.21. The van der Waals surface area contributed by atoms with Crippen molar-refractivity contribution < 1.29 is 32.5 Å². The summed E-state index contributed by atoms with van der Waals surface area (Å²) in [6.45, 7) is 0. The van der Waals surface area contributed by atoms with Crippen LogP contribution in [0.2, 0.25) is 0 Å². The van der Waals surface area contributed by atoms with E-state index in [0.717, 1.165) is 13.3 Å². The molecule has 1 aromatic heterocycles. The maximum absolute atomic E-state index is 12.1. The maximum Gasteiger partial charge on any atom is 0.574 e. The third-order valence-corrected chi connectivity index (χ3v) is 2.43. The van der Waals surface area contributed by atoms with Crippen molar-refractivity contribution in [2.45, 2.75) is 11.7 Å². The average molecular weight is 330 g/mol. The van der Waals surface area contributed by atoms with Gasteiger partial charge in [-0.1, -0.05) is 15.9 Å². The number of hydrogen-bond donors (Lipinski definition) is 1. The molecule has 1 aromatic rings. The first-order valence-corrected chi connectivity index (χ1v) is 5.53. The van der Waals surface area contributed by atoms with Crippen molar-refractivity contribution in [1.82, 2.24) is 4.98 Å². The van der Waals surface area contributed by atoms with Gasteiger partial charge in [0.25, 0.3) is 0 Å². The molecule has 0 unspecified atom stereocenters. The Morgan fingerprint density at radius 2 is 2.17 bits per heavy atom. The fourth-order valence-corrected chi connectivity index (χ4v) is 1.72. The molecule has 0 saturated carbocycles. The summed E-state index contributed by atoms with van der Waals surface area (Å²) in [5, 5.41) is 9.35. The largest absolute Gasteiger partial charge is 0.574 e. The summed E-state index contributed by atoms with van der Waals surface area (Å²) in [5.41, 5.74) is -0.678. The molecule has 0 fully saturated rings. The zero-order chi connectivity index (χ0) is 13.9. The second-order valence-electron chi connectivity index (χ2n) is 2.98. The second-order valence-corrected chi connectivity index (χ2v) is 3.54. The Hall–Kier alpha value is -1.51. The van der Waals surface area contributed by atoms with Crippen LogP contribution in [0.4, 0.5) is 13.2 Å². The molecular formula is C9H7BrF3NO4. The summed E-state index contributed by atoms with van der Waals surface area (Å²) >= 11 is 2.94. The first-order chi connectivity index (χ1) is 8.30. The van der Waals surface area contributed by atoms with E-state index in [4.69, 9.17) is 0 Å². The Balaban J connectivity index is 3.38. The molecule has 0 spiro atoms. The molecule has 18 heavy (non-hydrogen) atoms. The highest BCUT2D eigenvalue weighted by atomic mass is 79.9. The van der Waals surface area contributed by atoms with Gasteiger partial charge in [0.2, 0.25) is 5.88 Å². The van der Waals surface area contributed by atoms with Gasteiger partial charge in [0, 0.05) is 10.9 Å². The monoisotopic (exact) mass is 329 g/mol. The minimum absolute atomic E-state index is 0.0694. The first-order valence-electron chi connectivity index (χ1n) is 4.41. The van der Waals surface area contributed by atoms with E-state index in [1.54, 1.807) is 0 Å².